The summed E-state index contributed by atoms with van der Waals surface area (Å²) in [6.45, 7) is 9.93. The molecule has 3 aliphatic rings. The summed E-state index contributed by atoms with van der Waals surface area (Å²) >= 11 is 1.64. The van der Waals surface area contributed by atoms with E-state index in [1.54, 1.807) is 11.3 Å². The van der Waals surface area contributed by atoms with Gasteiger partial charge >= 0.3 is 0 Å². The van der Waals surface area contributed by atoms with Crippen molar-refractivity contribution in [3.05, 3.63) is 22.4 Å². The molecule has 4 heterocycles. The summed E-state index contributed by atoms with van der Waals surface area (Å²) in [5, 5.41) is 4.09. The molecule has 154 valence electrons. The van der Waals surface area contributed by atoms with Crippen LogP contribution in [0, 0.1) is 16.7 Å². The number of carbonyl (C=O) groups is 2. The van der Waals surface area contributed by atoms with Crippen LogP contribution in [0.2, 0.25) is 0 Å². The molecular formula is C22H33N3O2S. The second-order valence-corrected chi connectivity index (χ2v) is 10.4. The fourth-order valence-corrected chi connectivity index (χ4v) is 6.57. The van der Waals surface area contributed by atoms with Crippen molar-refractivity contribution in [1.82, 2.24) is 14.7 Å². The van der Waals surface area contributed by atoms with E-state index in [1.807, 2.05) is 28.3 Å². The van der Waals surface area contributed by atoms with Gasteiger partial charge in [-0.2, -0.15) is 11.3 Å². The van der Waals surface area contributed by atoms with E-state index < -0.39 is 0 Å². The highest BCUT2D eigenvalue weighted by atomic mass is 32.1. The molecule has 1 atom stereocenters. The van der Waals surface area contributed by atoms with Gasteiger partial charge in [0.15, 0.2) is 0 Å². The highest BCUT2D eigenvalue weighted by Crippen LogP contribution is 2.57. The van der Waals surface area contributed by atoms with E-state index >= 15 is 0 Å². The lowest BCUT2D eigenvalue weighted by molar-refractivity contribution is -0.143. The summed E-state index contributed by atoms with van der Waals surface area (Å²) in [5.41, 5.74) is 0.908. The molecule has 2 amide bonds. The van der Waals surface area contributed by atoms with Gasteiger partial charge in [-0.15, -0.1) is 0 Å². The molecule has 3 fully saturated rings. The van der Waals surface area contributed by atoms with Gasteiger partial charge in [-0.1, -0.05) is 13.8 Å². The van der Waals surface area contributed by atoms with Gasteiger partial charge in [-0.25, -0.2) is 0 Å². The fraction of sp³-hybridized carbons (Fsp3) is 0.727. The number of likely N-dealkylation sites (tertiary alicyclic amines) is 3. The Morgan fingerprint density at radius 2 is 1.93 bits per heavy atom. The van der Waals surface area contributed by atoms with Crippen LogP contribution in [0.3, 0.4) is 0 Å². The minimum atomic E-state index is -0.237. The predicted octanol–water partition coefficient (Wildman–Crippen LogP) is 2.72. The quantitative estimate of drug-likeness (QED) is 0.776. The van der Waals surface area contributed by atoms with Gasteiger partial charge in [0.05, 0.1) is 11.8 Å². The van der Waals surface area contributed by atoms with E-state index in [9.17, 15) is 9.59 Å². The average Bonchev–Trinajstić information content (AvgIpc) is 3.33. The van der Waals surface area contributed by atoms with E-state index in [0.717, 1.165) is 64.1 Å². The molecule has 1 aromatic rings. The van der Waals surface area contributed by atoms with E-state index in [0.29, 0.717) is 18.2 Å². The SMILES string of the molecule is CC(C)CN1CC2(CCN(C(=O)Cc3ccsc3)CC2)[C@@]2(CCN(C)C2=O)C1. The molecule has 0 radical (unpaired) electrons. The second-order valence-electron chi connectivity index (χ2n) is 9.59. The Hall–Kier alpha value is -1.40. The highest BCUT2D eigenvalue weighted by Gasteiger charge is 2.64. The predicted molar refractivity (Wildman–Crippen MR) is 112 cm³/mol. The van der Waals surface area contributed by atoms with Crippen LogP contribution in [-0.4, -0.2) is 72.8 Å². The van der Waals surface area contributed by atoms with Crippen molar-refractivity contribution in [2.24, 2.45) is 16.7 Å². The molecule has 4 rings (SSSR count). The van der Waals surface area contributed by atoms with E-state index in [1.165, 1.54) is 0 Å². The molecule has 6 heteroatoms. The number of carbonyl (C=O) groups excluding carboxylic acids is 2. The molecule has 0 unspecified atom stereocenters. The molecule has 1 aromatic heterocycles. The fourth-order valence-electron chi connectivity index (χ4n) is 5.90. The normalized spacial score (nSPS) is 27.6. The molecule has 3 saturated heterocycles. The molecular weight excluding hydrogens is 370 g/mol. The van der Waals surface area contributed by atoms with Crippen LogP contribution in [0.5, 0.6) is 0 Å². The lowest BCUT2D eigenvalue weighted by atomic mass is 9.60. The summed E-state index contributed by atoms with van der Waals surface area (Å²) in [7, 11) is 1.95. The Balaban J connectivity index is 1.49. The Morgan fingerprint density at radius 1 is 1.18 bits per heavy atom. The van der Waals surface area contributed by atoms with Gasteiger partial charge in [-0.05, 0) is 47.6 Å². The minimum absolute atomic E-state index is 0.0306. The molecule has 0 aromatic carbocycles. The van der Waals surface area contributed by atoms with E-state index in [2.05, 4.69) is 24.1 Å². The number of hydrogen-bond donors (Lipinski definition) is 0. The number of hydrogen-bond acceptors (Lipinski definition) is 4. The number of nitrogens with zero attached hydrogens (tertiary/aromatic N) is 3. The average molecular weight is 404 g/mol. The van der Waals surface area contributed by atoms with Gasteiger partial charge in [0, 0.05) is 51.7 Å². The van der Waals surface area contributed by atoms with Crippen molar-refractivity contribution in [3.8, 4) is 0 Å². The van der Waals surface area contributed by atoms with Gasteiger partial charge in [0.25, 0.3) is 0 Å². The monoisotopic (exact) mass is 403 g/mol. The van der Waals surface area contributed by atoms with Crippen molar-refractivity contribution in [3.63, 3.8) is 0 Å². The molecule has 3 aliphatic heterocycles. The zero-order valence-corrected chi connectivity index (χ0v) is 18.3. The Bertz CT molecular complexity index is 724. The van der Waals surface area contributed by atoms with Crippen LogP contribution in [0.15, 0.2) is 16.8 Å². The summed E-state index contributed by atoms with van der Waals surface area (Å²) in [5.74, 6) is 1.18. The number of amides is 2. The van der Waals surface area contributed by atoms with Crippen LogP contribution in [0.1, 0.15) is 38.7 Å². The van der Waals surface area contributed by atoms with Gasteiger partial charge < -0.3 is 14.7 Å². The van der Waals surface area contributed by atoms with Crippen LogP contribution in [-0.2, 0) is 16.0 Å². The third-order valence-electron chi connectivity index (χ3n) is 7.30. The van der Waals surface area contributed by atoms with Crippen molar-refractivity contribution in [2.45, 2.75) is 39.5 Å². The molecule has 28 heavy (non-hydrogen) atoms. The zero-order valence-electron chi connectivity index (χ0n) is 17.4. The summed E-state index contributed by atoms with van der Waals surface area (Å²) in [4.78, 5) is 32.5. The second kappa shape index (κ2) is 7.45. The lowest BCUT2D eigenvalue weighted by Crippen LogP contribution is -2.53. The number of fused-ring (bicyclic) bond motifs is 1. The van der Waals surface area contributed by atoms with Gasteiger partial charge in [0.1, 0.15) is 0 Å². The summed E-state index contributed by atoms with van der Waals surface area (Å²) in [6.07, 6.45) is 3.38. The topological polar surface area (TPSA) is 43.9 Å². The number of piperidine rings is 1. The van der Waals surface area contributed by atoms with Gasteiger partial charge in [0.2, 0.25) is 11.8 Å². The van der Waals surface area contributed by atoms with E-state index in [-0.39, 0.29) is 16.7 Å². The summed E-state index contributed by atoms with van der Waals surface area (Å²) < 4.78 is 0. The number of rotatable bonds is 4. The van der Waals surface area contributed by atoms with Crippen molar-refractivity contribution < 1.29 is 9.59 Å². The maximum atomic E-state index is 13.3. The Morgan fingerprint density at radius 3 is 2.50 bits per heavy atom. The third-order valence-corrected chi connectivity index (χ3v) is 8.03. The first kappa shape index (κ1) is 19.9. The lowest BCUT2D eigenvalue weighted by Gasteiger charge is -2.47. The van der Waals surface area contributed by atoms with Crippen LogP contribution < -0.4 is 0 Å². The molecule has 0 saturated carbocycles. The minimum Gasteiger partial charge on any atom is -0.345 e. The molecule has 2 spiro atoms. The maximum Gasteiger partial charge on any atom is 0.230 e. The largest absolute Gasteiger partial charge is 0.345 e. The molecule has 0 aliphatic carbocycles. The number of thiophene rings is 1. The van der Waals surface area contributed by atoms with Crippen molar-refractivity contribution in [2.75, 3.05) is 46.3 Å². The van der Waals surface area contributed by atoms with Gasteiger partial charge in [-0.3, -0.25) is 9.59 Å². The molecule has 0 N–H and O–H groups in total. The smallest absolute Gasteiger partial charge is 0.230 e. The van der Waals surface area contributed by atoms with Crippen LogP contribution >= 0.6 is 11.3 Å². The molecule has 5 nitrogen and oxygen atoms in total. The van der Waals surface area contributed by atoms with Crippen LogP contribution in [0.4, 0.5) is 0 Å². The third kappa shape index (κ3) is 3.28. The Kier molecular flexibility index (Phi) is 5.29. The zero-order chi connectivity index (χ0) is 19.9. The van der Waals surface area contributed by atoms with Crippen molar-refractivity contribution in [1.29, 1.82) is 0 Å². The maximum absolute atomic E-state index is 13.3. The first-order valence-corrected chi connectivity index (χ1v) is 11.6. The molecule has 0 bridgehead atoms. The standard InChI is InChI=1S/C22H33N3O2S/c1-17(2)13-24-15-21(22(16-24)7-8-23(3)20(22)27)5-9-25(10-6-21)19(26)12-18-4-11-28-14-18/h4,11,14,17H,5-10,12-13,15-16H2,1-3H3/t22-/m0/s1. The Labute approximate surface area is 172 Å². The highest BCUT2D eigenvalue weighted by molar-refractivity contribution is 7.08. The van der Waals surface area contributed by atoms with Crippen molar-refractivity contribution >= 4 is 23.2 Å². The van der Waals surface area contributed by atoms with Crippen LogP contribution in [0.25, 0.3) is 0 Å². The first-order valence-electron chi connectivity index (χ1n) is 10.6. The summed E-state index contributed by atoms with van der Waals surface area (Å²) in [6, 6.07) is 2.04. The first-order chi connectivity index (χ1) is 13.4. The van der Waals surface area contributed by atoms with E-state index in [4.69, 9.17) is 0 Å².